The fraction of sp³-hybridized carbons (Fsp3) is 0.765. The van der Waals surface area contributed by atoms with Crippen LogP contribution in [0.25, 0.3) is 0 Å². The Hall–Kier alpha value is -0.840. The molecule has 1 aromatic rings. The van der Waals surface area contributed by atoms with E-state index in [9.17, 15) is 4.79 Å². The van der Waals surface area contributed by atoms with Gasteiger partial charge in [-0.3, -0.25) is 9.48 Å². The molecule has 5 heteroatoms. The van der Waals surface area contributed by atoms with Gasteiger partial charge in [0.05, 0.1) is 16.7 Å². The van der Waals surface area contributed by atoms with Crippen LogP contribution in [0.1, 0.15) is 50.4 Å². The molecule has 2 fully saturated rings. The lowest BCUT2D eigenvalue weighted by Crippen LogP contribution is -2.40. The molecule has 1 amide bonds. The van der Waals surface area contributed by atoms with E-state index in [4.69, 9.17) is 0 Å². The summed E-state index contributed by atoms with van der Waals surface area (Å²) in [5.41, 5.74) is 2.07. The van der Waals surface area contributed by atoms with Crippen LogP contribution in [0.4, 0.5) is 0 Å². The maximum Gasteiger partial charge on any atom is 0.222 e. The molecule has 0 spiro atoms. The van der Waals surface area contributed by atoms with Crippen LogP contribution in [0, 0.1) is 31.6 Å². The van der Waals surface area contributed by atoms with Gasteiger partial charge in [-0.05, 0) is 73.7 Å². The topological polar surface area (TPSA) is 46.9 Å². The second-order valence-corrected chi connectivity index (χ2v) is 7.95. The molecule has 1 aromatic heterocycles. The number of carbonyl (C=O) groups is 1. The second-order valence-electron chi connectivity index (χ2n) is 7.15. The first kappa shape index (κ1) is 16.0. The van der Waals surface area contributed by atoms with Crippen molar-refractivity contribution in [1.29, 1.82) is 0 Å². The van der Waals surface area contributed by atoms with Gasteiger partial charge in [-0.2, -0.15) is 5.10 Å². The maximum absolute atomic E-state index is 12.2. The Bertz CT molecular complexity index is 568. The molecule has 0 saturated heterocycles. The summed E-state index contributed by atoms with van der Waals surface area (Å²) in [5.74, 6) is 2.64. The van der Waals surface area contributed by atoms with Crippen LogP contribution < -0.4 is 5.32 Å². The SMILES string of the molecule is Cc1nn(CCC(=O)N[C@@H](C)[C@H]2C[C@@H]3CC[C@@H]2C3)c(C)c1Br. The molecule has 0 aliphatic heterocycles. The summed E-state index contributed by atoms with van der Waals surface area (Å²) >= 11 is 3.53. The van der Waals surface area contributed by atoms with Gasteiger partial charge in [0.25, 0.3) is 0 Å². The van der Waals surface area contributed by atoms with Crippen LogP contribution in [-0.4, -0.2) is 21.7 Å². The predicted molar refractivity (Wildman–Crippen MR) is 90.6 cm³/mol. The van der Waals surface area contributed by atoms with Gasteiger partial charge >= 0.3 is 0 Å². The Kier molecular flexibility index (Phi) is 4.62. The van der Waals surface area contributed by atoms with Crippen molar-refractivity contribution < 1.29 is 4.79 Å². The molecule has 0 unspecified atom stereocenters. The minimum absolute atomic E-state index is 0.152. The largest absolute Gasteiger partial charge is 0.353 e. The van der Waals surface area contributed by atoms with E-state index in [1.54, 1.807) is 0 Å². The van der Waals surface area contributed by atoms with E-state index >= 15 is 0 Å². The van der Waals surface area contributed by atoms with Crippen molar-refractivity contribution in [3.8, 4) is 0 Å². The number of rotatable bonds is 5. The monoisotopic (exact) mass is 367 g/mol. The number of nitrogens with one attached hydrogen (secondary N) is 1. The zero-order valence-corrected chi connectivity index (χ0v) is 15.3. The molecule has 2 aliphatic rings. The standard InChI is InChI=1S/C17H26BrN3O/c1-10(15-9-13-4-5-14(15)8-13)19-16(22)6-7-21-12(3)17(18)11(2)20-21/h10,13-15H,4-9H2,1-3H3,(H,19,22)/t10-,13+,14+,15+/m0/s1. The molecule has 22 heavy (non-hydrogen) atoms. The molecule has 0 radical (unpaired) electrons. The first-order valence-corrected chi connectivity index (χ1v) is 9.24. The molecular weight excluding hydrogens is 342 g/mol. The second kappa shape index (κ2) is 6.34. The highest BCUT2D eigenvalue weighted by molar-refractivity contribution is 9.10. The summed E-state index contributed by atoms with van der Waals surface area (Å²) < 4.78 is 2.96. The van der Waals surface area contributed by atoms with Crippen molar-refractivity contribution in [2.75, 3.05) is 0 Å². The van der Waals surface area contributed by atoms with Crippen molar-refractivity contribution >= 4 is 21.8 Å². The highest BCUT2D eigenvalue weighted by atomic mass is 79.9. The van der Waals surface area contributed by atoms with E-state index in [0.29, 0.717) is 24.9 Å². The van der Waals surface area contributed by atoms with Gasteiger partial charge in [-0.25, -0.2) is 0 Å². The van der Waals surface area contributed by atoms with E-state index in [2.05, 4.69) is 33.3 Å². The molecule has 4 nitrogen and oxygen atoms in total. The Morgan fingerprint density at radius 2 is 2.18 bits per heavy atom. The third-order valence-electron chi connectivity index (χ3n) is 5.67. The van der Waals surface area contributed by atoms with E-state index in [0.717, 1.165) is 27.7 Å². The van der Waals surface area contributed by atoms with Gasteiger partial charge in [0.2, 0.25) is 5.91 Å². The zero-order chi connectivity index (χ0) is 15.9. The highest BCUT2D eigenvalue weighted by Crippen LogP contribution is 2.49. The lowest BCUT2D eigenvalue weighted by Gasteiger charge is -2.28. The van der Waals surface area contributed by atoms with Crippen molar-refractivity contribution in [1.82, 2.24) is 15.1 Å². The molecule has 2 saturated carbocycles. The Labute approximate surface area is 141 Å². The first-order chi connectivity index (χ1) is 10.5. The third-order valence-corrected chi connectivity index (χ3v) is 6.82. The Balaban J connectivity index is 1.49. The zero-order valence-electron chi connectivity index (χ0n) is 13.7. The number of fused-ring (bicyclic) bond motifs is 2. The highest BCUT2D eigenvalue weighted by Gasteiger charge is 2.42. The number of amides is 1. The minimum atomic E-state index is 0.152. The number of aromatic nitrogens is 2. The molecule has 4 atom stereocenters. The quantitative estimate of drug-likeness (QED) is 0.863. The molecule has 2 aliphatic carbocycles. The fourth-order valence-electron chi connectivity index (χ4n) is 4.44. The molecule has 3 rings (SSSR count). The van der Waals surface area contributed by atoms with Crippen LogP contribution in [0.15, 0.2) is 4.47 Å². The normalized spacial score (nSPS) is 28.1. The van der Waals surface area contributed by atoms with Crippen molar-refractivity contribution in [2.45, 2.75) is 65.5 Å². The number of hydrogen-bond acceptors (Lipinski definition) is 2. The van der Waals surface area contributed by atoms with E-state index in [1.165, 1.54) is 25.7 Å². The van der Waals surface area contributed by atoms with E-state index in [1.807, 2.05) is 18.5 Å². The van der Waals surface area contributed by atoms with E-state index in [-0.39, 0.29) is 5.91 Å². The third kappa shape index (κ3) is 3.10. The number of nitrogens with zero attached hydrogens (tertiary/aromatic N) is 2. The first-order valence-electron chi connectivity index (χ1n) is 8.44. The maximum atomic E-state index is 12.2. The van der Waals surface area contributed by atoms with Crippen LogP contribution in [0.2, 0.25) is 0 Å². The Morgan fingerprint density at radius 1 is 1.41 bits per heavy atom. The number of hydrogen-bond donors (Lipinski definition) is 1. The van der Waals surface area contributed by atoms with Gasteiger partial charge in [-0.1, -0.05) is 6.42 Å². The Morgan fingerprint density at radius 3 is 2.73 bits per heavy atom. The van der Waals surface area contributed by atoms with Crippen molar-refractivity contribution in [3.05, 3.63) is 15.9 Å². The van der Waals surface area contributed by atoms with E-state index < -0.39 is 0 Å². The van der Waals surface area contributed by atoms with Gasteiger partial charge in [0.15, 0.2) is 0 Å². The van der Waals surface area contributed by atoms with Gasteiger partial charge in [0, 0.05) is 18.2 Å². The summed E-state index contributed by atoms with van der Waals surface area (Å²) in [6, 6.07) is 0.315. The summed E-state index contributed by atoms with van der Waals surface area (Å²) in [7, 11) is 0. The molecule has 0 aromatic carbocycles. The van der Waals surface area contributed by atoms with Crippen LogP contribution in [-0.2, 0) is 11.3 Å². The number of halogens is 1. The average Bonchev–Trinajstić information content (AvgIpc) is 3.17. The van der Waals surface area contributed by atoms with Crippen molar-refractivity contribution in [2.24, 2.45) is 17.8 Å². The molecule has 2 bridgehead atoms. The minimum Gasteiger partial charge on any atom is -0.353 e. The molecule has 122 valence electrons. The number of aryl methyl sites for hydroxylation is 2. The summed E-state index contributed by atoms with van der Waals surface area (Å²) in [5, 5.41) is 7.69. The molecular formula is C17H26BrN3O. The van der Waals surface area contributed by atoms with Gasteiger partial charge in [0.1, 0.15) is 0 Å². The van der Waals surface area contributed by atoms with Gasteiger partial charge < -0.3 is 5.32 Å². The van der Waals surface area contributed by atoms with Crippen LogP contribution in [0.5, 0.6) is 0 Å². The smallest absolute Gasteiger partial charge is 0.222 e. The average molecular weight is 368 g/mol. The lowest BCUT2D eigenvalue weighted by molar-refractivity contribution is -0.122. The molecule has 1 heterocycles. The van der Waals surface area contributed by atoms with Gasteiger partial charge in [-0.15, -0.1) is 0 Å². The lowest BCUT2D eigenvalue weighted by atomic mass is 9.84. The molecule has 1 N–H and O–H groups in total. The van der Waals surface area contributed by atoms with Crippen LogP contribution in [0.3, 0.4) is 0 Å². The van der Waals surface area contributed by atoms with Crippen molar-refractivity contribution in [3.63, 3.8) is 0 Å². The number of carbonyl (C=O) groups excluding carboxylic acids is 1. The summed E-state index contributed by atoms with van der Waals surface area (Å²) in [4.78, 5) is 12.2. The van der Waals surface area contributed by atoms with Crippen LogP contribution >= 0.6 is 15.9 Å². The summed E-state index contributed by atoms with van der Waals surface area (Å²) in [6.45, 7) is 6.83. The summed E-state index contributed by atoms with van der Waals surface area (Å²) in [6.07, 6.45) is 5.99. The predicted octanol–water partition coefficient (Wildman–Crippen LogP) is 3.59. The fourth-order valence-corrected chi connectivity index (χ4v) is 4.72.